The zero-order chi connectivity index (χ0) is 21.1. The van der Waals surface area contributed by atoms with Crippen LogP contribution >= 0.6 is 0 Å². The first kappa shape index (κ1) is 21.2. The van der Waals surface area contributed by atoms with Gasteiger partial charge in [-0.1, -0.05) is 18.2 Å². The fraction of sp³-hybridized carbons (Fsp3) is 0.278. The van der Waals surface area contributed by atoms with E-state index in [0.29, 0.717) is 11.1 Å². The summed E-state index contributed by atoms with van der Waals surface area (Å²) in [7, 11) is -3.64. The van der Waals surface area contributed by atoms with Crippen molar-refractivity contribution < 1.29 is 27.1 Å². The third-order valence-electron chi connectivity index (χ3n) is 3.27. The minimum absolute atomic E-state index is 0.0000276. The van der Waals surface area contributed by atoms with Gasteiger partial charge in [-0.2, -0.15) is 8.42 Å². The quantitative estimate of drug-likeness (QED) is 0.451. The lowest BCUT2D eigenvalue weighted by atomic mass is 10.0. The molecule has 0 unspecified atom stereocenters. The highest BCUT2D eigenvalue weighted by molar-refractivity contribution is 7.86. The van der Waals surface area contributed by atoms with Crippen molar-refractivity contribution in [3.05, 3.63) is 52.6 Å². The van der Waals surface area contributed by atoms with E-state index in [0.717, 1.165) is 6.26 Å². The van der Waals surface area contributed by atoms with Crippen molar-refractivity contribution >= 4 is 27.6 Å². The van der Waals surface area contributed by atoms with Gasteiger partial charge in [-0.3, -0.25) is 15.4 Å². The van der Waals surface area contributed by atoms with Crippen LogP contribution in [0.25, 0.3) is 11.1 Å². The molecule has 0 aliphatic rings. The average molecular weight is 408 g/mol. The molecule has 0 atom stereocenters. The lowest BCUT2D eigenvalue weighted by molar-refractivity contribution is -0.383. The van der Waals surface area contributed by atoms with Gasteiger partial charge in [-0.25, -0.2) is 4.79 Å². The van der Waals surface area contributed by atoms with E-state index in [1.807, 2.05) is 0 Å². The number of hydrogen-bond donors (Lipinski definition) is 1. The second-order valence-corrected chi connectivity index (χ2v) is 8.50. The van der Waals surface area contributed by atoms with Gasteiger partial charge in [0.05, 0.1) is 11.2 Å². The van der Waals surface area contributed by atoms with Crippen LogP contribution < -0.4 is 9.50 Å². The van der Waals surface area contributed by atoms with Crippen LogP contribution in [0.1, 0.15) is 20.8 Å². The van der Waals surface area contributed by atoms with Crippen LogP contribution in [-0.4, -0.2) is 31.3 Å². The molecule has 0 saturated carbocycles. The summed E-state index contributed by atoms with van der Waals surface area (Å²) in [4.78, 5) is 22.7. The molecule has 0 heterocycles. The van der Waals surface area contributed by atoms with Crippen LogP contribution in [-0.2, 0) is 14.9 Å². The number of nitrogens with one attached hydrogen (secondary N) is 1. The van der Waals surface area contributed by atoms with E-state index in [1.54, 1.807) is 39.0 Å². The lowest BCUT2D eigenvalue weighted by Crippen LogP contribution is -2.27. The summed E-state index contributed by atoms with van der Waals surface area (Å²) in [5.41, 5.74) is 0.0640. The standard InChI is InChI=1S/C18H20N2O7S/c1-18(2,3)26-17(21)19-15-10-7-13(11-16(15)20(22)23)12-5-8-14(9-6-12)27-28(4,24)25/h5-11H,1-4H3,(H,19,21). The Morgan fingerprint density at radius 3 is 2.14 bits per heavy atom. The first-order valence-electron chi connectivity index (χ1n) is 8.12. The summed E-state index contributed by atoms with van der Waals surface area (Å²) in [6.45, 7) is 5.05. The van der Waals surface area contributed by atoms with Crippen molar-refractivity contribution in [1.29, 1.82) is 0 Å². The molecule has 0 spiro atoms. The molecule has 28 heavy (non-hydrogen) atoms. The van der Waals surface area contributed by atoms with Crippen LogP contribution in [0.15, 0.2) is 42.5 Å². The molecule has 0 radical (unpaired) electrons. The Morgan fingerprint density at radius 1 is 1.07 bits per heavy atom. The molecular formula is C18H20N2O7S. The van der Waals surface area contributed by atoms with Gasteiger partial charge in [0.25, 0.3) is 5.69 Å². The minimum atomic E-state index is -3.64. The van der Waals surface area contributed by atoms with Crippen LogP contribution in [0.3, 0.4) is 0 Å². The van der Waals surface area contributed by atoms with E-state index >= 15 is 0 Å². The number of carbonyl (C=O) groups excluding carboxylic acids is 1. The molecule has 0 fully saturated rings. The van der Waals surface area contributed by atoms with Gasteiger partial charge in [0, 0.05) is 6.07 Å². The summed E-state index contributed by atoms with van der Waals surface area (Å²) in [6, 6.07) is 10.3. The zero-order valence-corrected chi connectivity index (χ0v) is 16.6. The monoisotopic (exact) mass is 408 g/mol. The lowest BCUT2D eigenvalue weighted by Gasteiger charge is -2.19. The highest BCUT2D eigenvalue weighted by Gasteiger charge is 2.21. The molecule has 0 aliphatic heterocycles. The molecule has 0 aromatic heterocycles. The summed E-state index contributed by atoms with van der Waals surface area (Å²) in [5, 5.41) is 13.8. The predicted molar refractivity (Wildman–Crippen MR) is 104 cm³/mol. The van der Waals surface area contributed by atoms with Crippen LogP contribution in [0.2, 0.25) is 0 Å². The largest absolute Gasteiger partial charge is 0.444 e. The maximum Gasteiger partial charge on any atom is 0.412 e. The highest BCUT2D eigenvalue weighted by Crippen LogP contribution is 2.32. The number of nitro benzene ring substituents is 1. The molecule has 1 amide bonds. The van der Waals surface area contributed by atoms with Gasteiger partial charge in [0.1, 0.15) is 17.0 Å². The van der Waals surface area contributed by atoms with Crippen LogP contribution in [0.5, 0.6) is 5.75 Å². The molecule has 0 saturated heterocycles. The van der Waals surface area contributed by atoms with Crippen molar-refractivity contribution in [1.82, 2.24) is 0 Å². The first-order chi connectivity index (χ1) is 12.8. The van der Waals surface area contributed by atoms with E-state index in [9.17, 15) is 23.3 Å². The number of anilines is 1. The fourth-order valence-electron chi connectivity index (χ4n) is 2.26. The fourth-order valence-corrected chi connectivity index (χ4v) is 2.72. The number of rotatable bonds is 5. The molecule has 150 valence electrons. The normalized spacial score (nSPS) is 11.6. The van der Waals surface area contributed by atoms with Gasteiger partial charge >= 0.3 is 16.2 Å². The molecule has 2 aromatic rings. The summed E-state index contributed by atoms with van der Waals surface area (Å²) in [6.07, 6.45) is 0.131. The average Bonchev–Trinajstić information content (AvgIpc) is 2.52. The van der Waals surface area contributed by atoms with Crippen molar-refractivity contribution in [2.24, 2.45) is 0 Å². The number of nitro groups is 1. The Labute approximate surface area is 162 Å². The van der Waals surface area contributed by atoms with Gasteiger partial charge < -0.3 is 8.92 Å². The van der Waals surface area contributed by atoms with Crippen molar-refractivity contribution in [2.75, 3.05) is 11.6 Å². The number of nitrogens with zero attached hydrogens (tertiary/aromatic N) is 1. The van der Waals surface area contributed by atoms with E-state index < -0.39 is 26.7 Å². The smallest absolute Gasteiger partial charge is 0.412 e. The SMILES string of the molecule is CC(C)(C)OC(=O)Nc1ccc(-c2ccc(OS(C)(=O)=O)cc2)cc1[N+](=O)[O-]. The Balaban J connectivity index is 2.29. The Bertz CT molecular complexity index is 994. The highest BCUT2D eigenvalue weighted by atomic mass is 32.2. The van der Waals surface area contributed by atoms with E-state index in [1.165, 1.54) is 24.3 Å². The number of amides is 1. The molecule has 0 bridgehead atoms. The zero-order valence-electron chi connectivity index (χ0n) is 15.8. The predicted octanol–water partition coefficient (Wildman–Crippen LogP) is 3.95. The number of hydrogen-bond acceptors (Lipinski definition) is 7. The van der Waals surface area contributed by atoms with Gasteiger partial charge in [-0.05, 0) is 50.1 Å². The number of ether oxygens (including phenoxy) is 1. The van der Waals surface area contributed by atoms with Gasteiger partial charge in [0.2, 0.25) is 0 Å². The minimum Gasteiger partial charge on any atom is -0.444 e. The van der Waals surface area contributed by atoms with Gasteiger partial charge in [-0.15, -0.1) is 0 Å². The van der Waals surface area contributed by atoms with E-state index in [2.05, 4.69) is 5.32 Å². The van der Waals surface area contributed by atoms with Gasteiger partial charge in [0.15, 0.2) is 0 Å². The van der Waals surface area contributed by atoms with E-state index in [4.69, 9.17) is 8.92 Å². The van der Waals surface area contributed by atoms with E-state index in [-0.39, 0.29) is 17.1 Å². The van der Waals surface area contributed by atoms with Crippen molar-refractivity contribution in [3.8, 4) is 16.9 Å². The first-order valence-corrected chi connectivity index (χ1v) is 9.94. The van der Waals surface area contributed by atoms with Crippen LogP contribution in [0.4, 0.5) is 16.2 Å². The Hall–Kier alpha value is -3.14. The Kier molecular flexibility index (Phi) is 5.93. The summed E-state index contributed by atoms with van der Waals surface area (Å²) >= 11 is 0. The molecule has 9 nitrogen and oxygen atoms in total. The third kappa shape index (κ3) is 6.23. The maximum atomic E-state index is 11.9. The maximum absolute atomic E-state index is 11.9. The molecule has 2 rings (SSSR count). The third-order valence-corrected chi connectivity index (χ3v) is 3.76. The summed E-state index contributed by atoms with van der Waals surface area (Å²) in [5.74, 6) is 0.129. The molecular weight excluding hydrogens is 388 g/mol. The molecule has 0 aliphatic carbocycles. The molecule has 1 N–H and O–H groups in total. The summed E-state index contributed by atoms with van der Waals surface area (Å²) < 4.78 is 32.2. The second kappa shape index (κ2) is 7.85. The second-order valence-electron chi connectivity index (χ2n) is 6.93. The number of carbonyl (C=O) groups is 1. The Morgan fingerprint density at radius 2 is 1.64 bits per heavy atom. The van der Waals surface area contributed by atoms with Crippen LogP contribution in [0, 0.1) is 10.1 Å². The molecule has 2 aromatic carbocycles. The topological polar surface area (TPSA) is 125 Å². The van der Waals surface area contributed by atoms with Crippen molar-refractivity contribution in [2.45, 2.75) is 26.4 Å². The number of benzene rings is 2. The van der Waals surface area contributed by atoms with Crippen molar-refractivity contribution in [3.63, 3.8) is 0 Å². The molecule has 10 heteroatoms.